The Morgan fingerprint density at radius 1 is 0.556 bits per heavy atom. The molecule has 2 aromatic heterocycles. The lowest BCUT2D eigenvalue weighted by atomic mass is 9.94. The van der Waals surface area contributed by atoms with E-state index in [9.17, 15) is 10.5 Å². The van der Waals surface area contributed by atoms with Crippen LogP contribution in [0.25, 0.3) is 60.6 Å². The first-order chi connectivity index (χ1) is 17.8. The maximum atomic E-state index is 9.68. The smallest absolute Gasteiger partial charge is 0.135 e. The Morgan fingerprint density at radius 3 is 1.78 bits per heavy atom. The van der Waals surface area contributed by atoms with Crippen LogP contribution in [0, 0.1) is 22.7 Å². The molecular weight excluding hydrogens is 442 g/mol. The zero-order valence-electron chi connectivity index (χ0n) is 19.1. The van der Waals surface area contributed by atoms with Crippen LogP contribution in [-0.2, 0) is 0 Å². The van der Waals surface area contributed by atoms with Crippen LogP contribution >= 0.6 is 0 Å². The van der Waals surface area contributed by atoms with Gasteiger partial charge in [0.05, 0.1) is 34.3 Å². The van der Waals surface area contributed by atoms with E-state index in [1.165, 1.54) is 10.8 Å². The quantitative estimate of drug-likeness (QED) is 0.262. The summed E-state index contributed by atoms with van der Waals surface area (Å²) in [6.07, 6.45) is 0. The first-order valence-corrected chi connectivity index (χ1v) is 11.7. The third kappa shape index (κ3) is 2.79. The number of benzene rings is 5. The largest absolute Gasteiger partial charge is 0.456 e. The fourth-order valence-electron chi connectivity index (χ4n) is 5.31. The molecule has 0 aliphatic carbocycles. The number of fused-ring (bicyclic) bond motifs is 6. The Kier molecular flexibility index (Phi) is 4.24. The second-order valence-corrected chi connectivity index (χ2v) is 8.81. The minimum absolute atomic E-state index is 0.479. The molecule has 0 atom stereocenters. The SMILES string of the molecule is N#Cc1cccc(C#N)c1-c1ccc2oc3ccc(-n4c5ccccc5c5ccccc54)cc3c2c1. The zero-order valence-corrected chi connectivity index (χ0v) is 19.1. The van der Waals surface area contributed by atoms with Gasteiger partial charge in [0, 0.05) is 32.8 Å². The van der Waals surface area contributed by atoms with Gasteiger partial charge in [-0.3, -0.25) is 0 Å². The van der Waals surface area contributed by atoms with E-state index in [1.807, 2.05) is 24.3 Å². The number of hydrogen-bond donors (Lipinski definition) is 0. The van der Waals surface area contributed by atoms with Gasteiger partial charge < -0.3 is 8.98 Å². The van der Waals surface area contributed by atoms with Crippen molar-refractivity contribution in [3.63, 3.8) is 0 Å². The average Bonchev–Trinajstić information content (AvgIpc) is 3.47. The summed E-state index contributed by atoms with van der Waals surface area (Å²) in [4.78, 5) is 0. The summed E-state index contributed by atoms with van der Waals surface area (Å²) >= 11 is 0. The molecule has 7 rings (SSSR count). The summed E-state index contributed by atoms with van der Waals surface area (Å²) in [5, 5.41) is 23.7. The van der Waals surface area contributed by atoms with Gasteiger partial charge in [-0.05, 0) is 60.2 Å². The van der Waals surface area contributed by atoms with E-state index < -0.39 is 0 Å². The van der Waals surface area contributed by atoms with Crippen molar-refractivity contribution < 1.29 is 4.42 Å². The molecule has 0 amide bonds. The van der Waals surface area contributed by atoms with Gasteiger partial charge in [0.1, 0.15) is 11.2 Å². The molecule has 0 N–H and O–H groups in total. The van der Waals surface area contributed by atoms with Gasteiger partial charge in [-0.15, -0.1) is 0 Å². The van der Waals surface area contributed by atoms with Crippen molar-refractivity contribution in [2.75, 3.05) is 0 Å². The van der Waals surface area contributed by atoms with Gasteiger partial charge in [-0.25, -0.2) is 0 Å². The molecule has 4 nitrogen and oxygen atoms in total. The molecule has 0 spiro atoms. The fourth-order valence-corrected chi connectivity index (χ4v) is 5.31. The number of nitriles is 2. The van der Waals surface area contributed by atoms with E-state index in [2.05, 4.69) is 77.4 Å². The molecule has 36 heavy (non-hydrogen) atoms. The summed E-state index contributed by atoms with van der Waals surface area (Å²) in [6.45, 7) is 0. The van der Waals surface area contributed by atoms with Crippen molar-refractivity contribution in [3.05, 3.63) is 114 Å². The third-order valence-electron chi connectivity index (χ3n) is 6.89. The monoisotopic (exact) mass is 459 g/mol. The summed E-state index contributed by atoms with van der Waals surface area (Å²) in [5.41, 5.74) is 7.32. The minimum atomic E-state index is 0.479. The first-order valence-electron chi connectivity index (χ1n) is 11.7. The average molecular weight is 460 g/mol. The Morgan fingerprint density at radius 2 is 1.14 bits per heavy atom. The number of furan rings is 1. The Bertz CT molecular complexity index is 1990. The molecule has 0 saturated heterocycles. The van der Waals surface area contributed by atoms with Gasteiger partial charge in [-0.1, -0.05) is 48.5 Å². The van der Waals surface area contributed by atoms with Crippen LogP contribution in [-0.4, -0.2) is 4.57 Å². The summed E-state index contributed by atoms with van der Waals surface area (Å²) < 4.78 is 8.45. The van der Waals surface area contributed by atoms with Crippen molar-refractivity contribution in [2.45, 2.75) is 0 Å². The van der Waals surface area contributed by atoms with Gasteiger partial charge in [0.25, 0.3) is 0 Å². The number of para-hydroxylation sites is 2. The molecule has 166 valence electrons. The van der Waals surface area contributed by atoms with Crippen molar-refractivity contribution in [2.24, 2.45) is 0 Å². The summed E-state index contributed by atoms with van der Waals surface area (Å²) in [7, 11) is 0. The van der Waals surface area contributed by atoms with Crippen LogP contribution in [0.2, 0.25) is 0 Å². The maximum Gasteiger partial charge on any atom is 0.135 e. The summed E-state index contributed by atoms with van der Waals surface area (Å²) in [5.74, 6) is 0. The molecule has 7 aromatic rings. The summed E-state index contributed by atoms with van der Waals surface area (Å²) in [6, 6.07) is 38.7. The first kappa shape index (κ1) is 20.1. The van der Waals surface area contributed by atoms with E-state index in [1.54, 1.807) is 18.2 Å². The van der Waals surface area contributed by atoms with Crippen LogP contribution in [0.15, 0.2) is 108 Å². The Balaban J connectivity index is 1.51. The van der Waals surface area contributed by atoms with E-state index in [4.69, 9.17) is 4.42 Å². The lowest BCUT2D eigenvalue weighted by Gasteiger charge is -2.08. The number of rotatable bonds is 2. The molecule has 0 bridgehead atoms. The molecule has 0 radical (unpaired) electrons. The molecule has 0 fully saturated rings. The maximum absolute atomic E-state index is 9.68. The molecular formula is C32H17N3O. The van der Waals surface area contributed by atoms with E-state index in [-0.39, 0.29) is 0 Å². The van der Waals surface area contributed by atoms with Crippen LogP contribution in [0.3, 0.4) is 0 Å². The molecule has 0 aliphatic heterocycles. The van der Waals surface area contributed by atoms with Crippen LogP contribution in [0.1, 0.15) is 11.1 Å². The van der Waals surface area contributed by atoms with Gasteiger partial charge >= 0.3 is 0 Å². The van der Waals surface area contributed by atoms with Crippen LogP contribution in [0.5, 0.6) is 0 Å². The number of aromatic nitrogens is 1. The Labute approximate surface area is 206 Å². The molecule has 0 aliphatic rings. The van der Waals surface area contributed by atoms with E-state index in [0.717, 1.165) is 44.2 Å². The van der Waals surface area contributed by atoms with Crippen molar-refractivity contribution in [1.82, 2.24) is 4.57 Å². The Hall–Kier alpha value is -5.32. The van der Waals surface area contributed by atoms with Crippen LogP contribution in [0.4, 0.5) is 0 Å². The predicted molar refractivity (Wildman–Crippen MR) is 143 cm³/mol. The molecule has 2 heterocycles. The lowest BCUT2D eigenvalue weighted by Crippen LogP contribution is -1.93. The topological polar surface area (TPSA) is 65.7 Å². The number of nitrogens with zero attached hydrogens (tertiary/aromatic N) is 3. The van der Waals surface area contributed by atoms with Gasteiger partial charge in [-0.2, -0.15) is 10.5 Å². The molecule has 0 saturated carbocycles. The van der Waals surface area contributed by atoms with E-state index >= 15 is 0 Å². The highest BCUT2D eigenvalue weighted by molar-refractivity contribution is 6.11. The zero-order chi connectivity index (χ0) is 24.2. The van der Waals surface area contributed by atoms with Crippen molar-refractivity contribution >= 4 is 43.7 Å². The van der Waals surface area contributed by atoms with Crippen molar-refractivity contribution in [1.29, 1.82) is 10.5 Å². The molecule has 5 aromatic carbocycles. The second-order valence-electron chi connectivity index (χ2n) is 8.81. The standard InChI is InChI=1S/C32H17N3O/c33-18-21-6-5-7-22(19-34)32(21)20-12-14-30-26(16-20)27-17-23(13-15-31(27)36-30)35-28-10-3-1-8-24(28)25-9-2-4-11-29(25)35/h1-17H. The van der Waals surface area contributed by atoms with E-state index in [0.29, 0.717) is 16.7 Å². The van der Waals surface area contributed by atoms with Crippen LogP contribution < -0.4 is 0 Å². The number of hydrogen-bond acceptors (Lipinski definition) is 3. The van der Waals surface area contributed by atoms with Gasteiger partial charge in [0.2, 0.25) is 0 Å². The van der Waals surface area contributed by atoms with Gasteiger partial charge in [0.15, 0.2) is 0 Å². The highest BCUT2D eigenvalue weighted by Gasteiger charge is 2.16. The highest BCUT2D eigenvalue weighted by atomic mass is 16.3. The second kappa shape index (κ2) is 7.60. The normalized spacial score (nSPS) is 11.3. The molecule has 4 heteroatoms. The molecule has 0 unspecified atom stereocenters. The highest BCUT2D eigenvalue weighted by Crippen LogP contribution is 2.37. The van der Waals surface area contributed by atoms with Crippen molar-refractivity contribution in [3.8, 4) is 29.0 Å². The third-order valence-corrected chi connectivity index (χ3v) is 6.89. The predicted octanol–water partition coefficient (Wildman–Crippen LogP) is 8.09. The fraction of sp³-hybridized carbons (Fsp3) is 0. The lowest BCUT2D eigenvalue weighted by molar-refractivity contribution is 0.669. The minimum Gasteiger partial charge on any atom is -0.456 e.